The summed E-state index contributed by atoms with van der Waals surface area (Å²) in [5.41, 5.74) is 4.04. The van der Waals surface area contributed by atoms with Gasteiger partial charge in [-0.05, 0) is 66.6 Å². The molecule has 144 valence electrons. The van der Waals surface area contributed by atoms with Crippen LogP contribution in [0.3, 0.4) is 0 Å². The molecule has 2 N–H and O–H groups in total. The predicted octanol–water partition coefficient (Wildman–Crippen LogP) is 5.04. The van der Waals surface area contributed by atoms with Crippen molar-refractivity contribution in [3.8, 4) is 22.6 Å². The lowest BCUT2D eigenvalue weighted by molar-refractivity contribution is 0.175. The average molecular weight is 369 g/mol. The molecule has 0 spiro atoms. The zero-order chi connectivity index (χ0) is 19.6. The van der Waals surface area contributed by atoms with Crippen molar-refractivity contribution in [3.63, 3.8) is 0 Å². The van der Waals surface area contributed by atoms with Gasteiger partial charge in [-0.25, -0.2) is 4.79 Å². The van der Waals surface area contributed by atoms with E-state index >= 15 is 0 Å². The fourth-order valence-corrected chi connectivity index (χ4v) is 3.87. The fourth-order valence-electron chi connectivity index (χ4n) is 3.87. The Morgan fingerprint density at radius 1 is 1.15 bits per heavy atom. The second-order valence-corrected chi connectivity index (χ2v) is 7.49. The summed E-state index contributed by atoms with van der Waals surface area (Å²) in [5.74, 6) is 1.61. The Kier molecular flexibility index (Phi) is 5.31. The first kappa shape index (κ1) is 19.1. The molecule has 0 radical (unpaired) electrons. The monoisotopic (exact) mass is 369 g/mol. The molecule has 1 aliphatic carbocycles. The van der Waals surface area contributed by atoms with Crippen molar-refractivity contribution in [1.82, 2.24) is 5.32 Å². The molecule has 0 aromatic heterocycles. The zero-order valence-electron chi connectivity index (χ0n) is 16.3. The highest BCUT2D eigenvalue weighted by Crippen LogP contribution is 2.48. The zero-order valence-corrected chi connectivity index (χ0v) is 16.3. The number of rotatable bonds is 6. The van der Waals surface area contributed by atoms with Crippen molar-refractivity contribution in [2.24, 2.45) is 5.41 Å². The summed E-state index contributed by atoms with van der Waals surface area (Å²) in [4.78, 5) is 11.3. The van der Waals surface area contributed by atoms with E-state index < -0.39 is 6.09 Å². The van der Waals surface area contributed by atoms with Crippen LogP contribution in [0.4, 0.5) is 4.79 Å². The van der Waals surface area contributed by atoms with Gasteiger partial charge in [0, 0.05) is 5.56 Å². The molecular formula is C22H27NO4. The van der Waals surface area contributed by atoms with Gasteiger partial charge in [0.05, 0.1) is 19.3 Å². The van der Waals surface area contributed by atoms with Crippen LogP contribution in [0.1, 0.15) is 44.9 Å². The lowest BCUT2D eigenvalue weighted by atomic mass is 9.85. The lowest BCUT2D eigenvalue weighted by Crippen LogP contribution is -2.34. The molecule has 0 saturated carbocycles. The van der Waals surface area contributed by atoms with E-state index in [1.807, 2.05) is 44.2 Å². The molecule has 0 saturated heterocycles. The van der Waals surface area contributed by atoms with Crippen LogP contribution in [-0.2, 0) is 6.42 Å². The molecule has 1 atom stereocenters. The Balaban J connectivity index is 2.05. The third kappa shape index (κ3) is 3.87. The van der Waals surface area contributed by atoms with E-state index in [-0.39, 0.29) is 11.5 Å². The van der Waals surface area contributed by atoms with Crippen LogP contribution >= 0.6 is 0 Å². The quantitative estimate of drug-likeness (QED) is 0.748. The maximum atomic E-state index is 11.3. The highest BCUT2D eigenvalue weighted by atomic mass is 16.5. The largest absolute Gasteiger partial charge is 0.494 e. The van der Waals surface area contributed by atoms with E-state index in [0.29, 0.717) is 13.2 Å². The molecule has 1 aliphatic rings. The molecule has 2 aromatic rings. The smallest absolute Gasteiger partial charge is 0.405 e. The Morgan fingerprint density at radius 2 is 1.81 bits per heavy atom. The van der Waals surface area contributed by atoms with Crippen LogP contribution in [0.5, 0.6) is 11.5 Å². The molecule has 27 heavy (non-hydrogen) atoms. The summed E-state index contributed by atoms with van der Waals surface area (Å²) < 4.78 is 11.4. The highest BCUT2D eigenvalue weighted by Gasteiger charge is 2.40. The van der Waals surface area contributed by atoms with Crippen LogP contribution in [0.25, 0.3) is 11.1 Å². The third-order valence-electron chi connectivity index (χ3n) is 5.02. The topological polar surface area (TPSA) is 67.8 Å². The number of amides is 1. The van der Waals surface area contributed by atoms with Gasteiger partial charge in [0.15, 0.2) is 0 Å². The number of carboxylic acid groups (broad SMARTS) is 1. The molecular weight excluding hydrogens is 342 g/mol. The first-order valence-electron chi connectivity index (χ1n) is 9.38. The summed E-state index contributed by atoms with van der Waals surface area (Å²) >= 11 is 0. The van der Waals surface area contributed by atoms with Crippen molar-refractivity contribution >= 4 is 6.09 Å². The second-order valence-electron chi connectivity index (χ2n) is 7.49. The van der Waals surface area contributed by atoms with Gasteiger partial charge in [0.25, 0.3) is 0 Å². The minimum atomic E-state index is -1.01. The van der Waals surface area contributed by atoms with Gasteiger partial charge < -0.3 is 19.9 Å². The lowest BCUT2D eigenvalue weighted by Gasteiger charge is -2.27. The molecule has 2 aromatic carbocycles. The maximum absolute atomic E-state index is 11.3. The SMILES string of the molecule is CCOc1ccc(-c2cc3c(cc2OCC)[C@H](NC(=O)O)C(C)(C)C3)cc1. The summed E-state index contributed by atoms with van der Waals surface area (Å²) in [6, 6.07) is 11.9. The predicted molar refractivity (Wildman–Crippen MR) is 106 cm³/mol. The maximum Gasteiger partial charge on any atom is 0.405 e. The van der Waals surface area contributed by atoms with Gasteiger partial charge in [-0.2, -0.15) is 0 Å². The van der Waals surface area contributed by atoms with Gasteiger partial charge in [-0.1, -0.05) is 26.0 Å². The summed E-state index contributed by atoms with van der Waals surface area (Å²) in [6.45, 7) is 9.27. The standard InChI is InChI=1S/C22H27NO4/c1-5-26-16-9-7-14(8-10-16)17-11-15-13-22(3,4)20(23-21(24)25)18(15)12-19(17)27-6-2/h7-12,20,23H,5-6,13H2,1-4H3,(H,24,25)/t20-/m0/s1. The first-order chi connectivity index (χ1) is 12.9. The van der Waals surface area contributed by atoms with Crippen molar-refractivity contribution in [2.45, 2.75) is 40.2 Å². The van der Waals surface area contributed by atoms with Crippen molar-refractivity contribution in [2.75, 3.05) is 13.2 Å². The normalized spacial score (nSPS) is 17.3. The van der Waals surface area contributed by atoms with Crippen LogP contribution in [0.15, 0.2) is 36.4 Å². The van der Waals surface area contributed by atoms with Gasteiger partial charge in [0.2, 0.25) is 0 Å². The first-order valence-corrected chi connectivity index (χ1v) is 9.38. The second kappa shape index (κ2) is 7.51. The molecule has 0 heterocycles. The molecule has 0 bridgehead atoms. The Hall–Kier alpha value is -2.69. The van der Waals surface area contributed by atoms with Crippen molar-refractivity contribution < 1.29 is 19.4 Å². The molecule has 0 unspecified atom stereocenters. The number of benzene rings is 2. The number of carbonyl (C=O) groups is 1. The summed E-state index contributed by atoms with van der Waals surface area (Å²) in [7, 11) is 0. The van der Waals surface area contributed by atoms with Gasteiger partial charge in [-0.15, -0.1) is 0 Å². The molecule has 1 amide bonds. The number of hydrogen-bond acceptors (Lipinski definition) is 3. The Labute approximate surface area is 160 Å². The van der Waals surface area contributed by atoms with Crippen molar-refractivity contribution in [1.29, 1.82) is 0 Å². The Morgan fingerprint density at radius 3 is 2.41 bits per heavy atom. The Bertz CT molecular complexity index is 827. The highest BCUT2D eigenvalue weighted by molar-refractivity contribution is 5.74. The molecule has 0 fully saturated rings. The minimum absolute atomic E-state index is 0.193. The van der Waals surface area contributed by atoms with Crippen molar-refractivity contribution in [3.05, 3.63) is 47.5 Å². The van der Waals surface area contributed by atoms with E-state index in [4.69, 9.17) is 9.47 Å². The van der Waals surface area contributed by atoms with Crippen LogP contribution in [-0.4, -0.2) is 24.4 Å². The number of hydrogen-bond donors (Lipinski definition) is 2. The van der Waals surface area contributed by atoms with Crippen LogP contribution in [0, 0.1) is 5.41 Å². The van der Waals surface area contributed by atoms with E-state index in [1.165, 1.54) is 0 Å². The average Bonchev–Trinajstić information content (AvgIpc) is 2.85. The van der Waals surface area contributed by atoms with Crippen LogP contribution < -0.4 is 14.8 Å². The number of ether oxygens (including phenoxy) is 2. The van der Waals surface area contributed by atoms with E-state index in [2.05, 4.69) is 25.2 Å². The minimum Gasteiger partial charge on any atom is -0.494 e. The summed E-state index contributed by atoms with van der Waals surface area (Å²) in [5, 5.41) is 11.9. The molecule has 3 rings (SSSR count). The summed E-state index contributed by atoms with van der Waals surface area (Å²) in [6.07, 6.45) is -0.196. The molecule has 0 aliphatic heterocycles. The third-order valence-corrected chi connectivity index (χ3v) is 5.02. The van der Waals surface area contributed by atoms with E-state index in [0.717, 1.165) is 40.2 Å². The van der Waals surface area contributed by atoms with E-state index in [1.54, 1.807) is 0 Å². The number of fused-ring (bicyclic) bond motifs is 1. The van der Waals surface area contributed by atoms with Gasteiger partial charge >= 0.3 is 6.09 Å². The fraction of sp³-hybridized carbons (Fsp3) is 0.409. The van der Waals surface area contributed by atoms with Crippen LogP contribution in [0.2, 0.25) is 0 Å². The molecule has 5 heteroatoms. The van der Waals surface area contributed by atoms with Gasteiger partial charge in [0.1, 0.15) is 11.5 Å². The molecule has 5 nitrogen and oxygen atoms in total. The van der Waals surface area contributed by atoms with E-state index in [9.17, 15) is 9.90 Å². The number of nitrogens with one attached hydrogen (secondary N) is 1. The van der Waals surface area contributed by atoms with Gasteiger partial charge in [-0.3, -0.25) is 0 Å².